The van der Waals surface area contributed by atoms with Gasteiger partial charge in [0.2, 0.25) is 0 Å². The molecule has 3 rings (SSSR count). The van der Waals surface area contributed by atoms with E-state index in [4.69, 9.17) is 4.74 Å². The molecule has 0 heterocycles. The van der Waals surface area contributed by atoms with Crippen molar-refractivity contribution >= 4 is 5.69 Å². The van der Waals surface area contributed by atoms with Crippen molar-refractivity contribution in [3.8, 4) is 5.75 Å². The number of aliphatic hydroxyl groups excluding tert-OH is 1. The van der Waals surface area contributed by atoms with Crippen LogP contribution in [-0.2, 0) is 12.8 Å². The Morgan fingerprint density at radius 3 is 2.17 bits per heavy atom. The van der Waals surface area contributed by atoms with Crippen LogP contribution in [0.3, 0.4) is 0 Å². The number of halogens is 11. The molecule has 1 saturated carbocycles. The van der Waals surface area contributed by atoms with Crippen LogP contribution in [0.1, 0.15) is 36.8 Å². The van der Waals surface area contributed by atoms with E-state index < -0.39 is 67.3 Å². The molecule has 1 aliphatic carbocycles. The summed E-state index contributed by atoms with van der Waals surface area (Å²) in [5.74, 6) is -7.78. The zero-order chi connectivity index (χ0) is 29.9. The monoisotopic (exact) mass is 593 g/mol. The number of ether oxygens (including phenoxy) is 1. The molecule has 14 heteroatoms. The van der Waals surface area contributed by atoms with Crippen molar-refractivity contribution in [1.29, 1.82) is 0 Å². The van der Waals surface area contributed by atoms with E-state index in [9.17, 15) is 53.4 Å². The normalized spacial score (nSPS) is 19.8. The summed E-state index contributed by atoms with van der Waals surface area (Å²) in [6.45, 7) is -1.71. The predicted octanol–water partition coefficient (Wildman–Crippen LogP) is 8.02. The van der Waals surface area contributed by atoms with Gasteiger partial charge >= 0.3 is 24.5 Å². The van der Waals surface area contributed by atoms with Gasteiger partial charge in [0, 0.05) is 24.2 Å². The number of aliphatic hydroxyl groups is 1. The second-order valence-electron chi connectivity index (χ2n) is 9.80. The summed E-state index contributed by atoms with van der Waals surface area (Å²) in [6.07, 6.45) is -19.0. The lowest BCUT2D eigenvalue weighted by Gasteiger charge is -2.38. The number of alkyl halides is 11. The minimum Gasteiger partial charge on any atom is -0.489 e. The molecule has 0 aliphatic heterocycles. The van der Waals surface area contributed by atoms with Crippen molar-refractivity contribution in [2.75, 3.05) is 18.0 Å². The third-order valence-electron chi connectivity index (χ3n) is 6.77. The highest BCUT2D eigenvalue weighted by molar-refractivity contribution is 5.51. The van der Waals surface area contributed by atoms with Gasteiger partial charge in [0.1, 0.15) is 12.4 Å². The van der Waals surface area contributed by atoms with Crippen LogP contribution in [0, 0.1) is 11.8 Å². The maximum absolute atomic E-state index is 14.0. The van der Waals surface area contributed by atoms with Crippen molar-refractivity contribution < 1.29 is 58.1 Å². The van der Waals surface area contributed by atoms with E-state index >= 15 is 0 Å². The van der Waals surface area contributed by atoms with Crippen LogP contribution < -0.4 is 9.64 Å². The van der Waals surface area contributed by atoms with Crippen LogP contribution in [0.15, 0.2) is 48.5 Å². The van der Waals surface area contributed by atoms with Crippen molar-refractivity contribution in [3.63, 3.8) is 0 Å². The largest absolute Gasteiger partial charge is 0.489 e. The maximum atomic E-state index is 14.0. The Labute approximate surface area is 222 Å². The molecule has 2 aromatic rings. The SMILES string of the molecule is OC(CN(CC1CCCC(C(F)(F)C(F)(F)F)C1)c1cccc(OCc2cccc(C(F)(F)F)c2)c1)C(F)(F)F. The Morgan fingerprint density at radius 2 is 1.55 bits per heavy atom. The molecule has 0 saturated heterocycles. The molecule has 224 valence electrons. The average molecular weight is 593 g/mol. The molecule has 0 amide bonds. The van der Waals surface area contributed by atoms with Crippen molar-refractivity contribution in [2.24, 2.45) is 11.8 Å². The standard InChI is InChI=1S/C26H26F11NO2/c27-23(28,26(35,36)37)18-6-1-4-16(10-18)13-38(14-22(39)25(32,33)34)20-8-3-9-21(12-20)40-15-17-5-2-7-19(11-17)24(29,30)31/h2-3,5,7-9,11-12,16,18,22,39H,1,4,6,10,13-15H2. The van der Waals surface area contributed by atoms with E-state index in [1.54, 1.807) is 0 Å². The summed E-state index contributed by atoms with van der Waals surface area (Å²) >= 11 is 0. The number of rotatable bonds is 9. The Bertz CT molecular complexity index is 1110. The molecule has 3 atom stereocenters. The van der Waals surface area contributed by atoms with E-state index in [2.05, 4.69) is 0 Å². The lowest BCUT2D eigenvalue weighted by Crippen LogP contribution is -2.47. The Kier molecular flexibility index (Phi) is 9.52. The summed E-state index contributed by atoms with van der Waals surface area (Å²) in [4.78, 5) is 1.04. The summed E-state index contributed by atoms with van der Waals surface area (Å²) in [5, 5.41) is 9.69. The third kappa shape index (κ3) is 8.14. The summed E-state index contributed by atoms with van der Waals surface area (Å²) in [7, 11) is 0. The summed E-state index contributed by atoms with van der Waals surface area (Å²) < 4.78 is 151. The van der Waals surface area contributed by atoms with Crippen LogP contribution in [0.25, 0.3) is 0 Å². The van der Waals surface area contributed by atoms with Gasteiger partial charge in [0.05, 0.1) is 12.1 Å². The first kappa shape index (κ1) is 31.8. The van der Waals surface area contributed by atoms with Gasteiger partial charge in [-0.2, -0.15) is 48.3 Å². The van der Waals surface area contributed by atoms with E-state index in [1.165, 1.54) is 36.4 Å². The molecule has 1 aliphatic rings. The molecule has 1 N–H and O–H groups in total. The third-order valence-corrected chi connectivity index (χ3v) is 6.77. The molecule has 40 heavy (non-hydrogen) atoms. The minimum atomic E-state index is -5.77. The van der Waals surface area contributed by atoms with Crippen LogP contribution in [0.4, 0.5) is 54.0 Å². The van der Waals surface area contributed by atoms with Gasteiger partial charge in [0.25, 0.3) is 0 Å². The Morgan fingerprint density at radius 1 is 0.875 bits per heavy atom. The highest BCUT2D eigenvalue weighted by Gasteiger charge is 2.62. The van der Waals surface area contributed by atoms with Gasteiger partial charge in [-0.3, -0.25) is 0 Å². The predicted molar refractivity (Wildman–Crippen MR) is 123 cm³/mol. The first-order chi connectivity index (χ1) is 18.4. The van der Waals surface area contributed by atoms with Crippen LogP contribution in [-0.4, -0.2) is 42.6 Å². The Hall–Kier alpha value is -2.77. The molecule has 0 aromatic heterocycles. The van der Waals surface area contributed by atoms with Gasteiger partial charge in [-0.05, 0) is 55.0 Å². The lowest BCUT2D eigenvalue weighted by atomic mass is 9.77. The summed E-state index contributed by atoms with van der Waals surface area (Å²) in [5.41, 5.74) is -0.700. The highest BCUT2D eigenvalue weighted by Crippen LogP contribution is 2.48. The fraction of sp³-hybridized carbons (Fsp3) is 0.538. The smallest absolute Gasteiger partial charge is 0.453 e. The molecule has 0 spiro atoms. The van der Waals surface area contributed by atoms with Crippen LogP contribution >= 0.6 is 0 Å². The molecular formula is C26H26F11NO2. The Balaban J connectivity index is 1.79. The van der Waals surface area contributed by atoms with E-state index in [1.807, 2.05) is 0 Å². The second-order valence-corrected chi connectivity index (χ2v) is 9.80. The van der Waals surface area contributed by atoms with Gasteiger partial charge in [-0.15, -0.1) is 0 Å². The first-order valence-electron chi connectivity index (χ1n) is 12.2. The van der Waals surface area contributed by atoms with Crippen LogP contribution in [0.2, 0.25) is 0 Å². The van der Waals surface area contributed by atoms with Gasteiger partial charge < -0.3 is 14.7 Å². The van der Waals surface area contributed by atoms with Crippen LogP contribution in [0.5, 0.6) is 5.75 Å². The topological polar surface area (TPSA) is 32.7 Å². The van der Waals surface area contributed by atoms with E-state index in [-0.39, 0.29) is 43.0 Å². The number of nitrogens with zero attached hydrogens (tertiary/aromatic N) is 1. The van der Waals surface area contributed by atoms with Gasteiger partial charge in [0.15, 0.2) is 6.10 Å². The molecule has 2 aromatic carbocycles. The summed E-state index contributed by atoms with van der Waals surface area (Å²) in [6, 6.07) is 9.63. The van der Waals surface area contributed by atoms with E-state index in [0.29, 0.717) is 0 Å². The zero-order valence-corrected chi connectivity index (χ0v) is 20.8. The molecular weight excluding hydrogens is 567 g/mol. The maximum Gasteiger partial charge on any atom is 0.453 e. The zero-order valence-electron chi connectivity index (χ0n) is 20.8. The fourth-order valence-electron chi connectivity index (χ4n) is 4.70. The lowest BCUT2D eigenvalue weighted by molar-refractivity contribution is -0.306. The minimum absolute atomic E-state index is 0.0107. The quantitative estimate of drug-likeness (QED) is 0.299. The molecule has 3 unspecified atom stereocenters. The highest BCUT2D eigenvalue weighted by atomic mass is 19.4. The molecule has 0 bridgehead atoms. The van der Waals surface area contributed by atoms with Gasteiger partial charge in [-0.25, -0.2) is 0 Å². The van der Waals surface area contributed by atoms with Crippen molar-refractivity contribution in [2.45, 2.75) is 62.8 Å². The number of benzene rings is 2. The average Bonchev–Trinajstić information content (AvgIpc) is 2.86. The molecule has 1 fully saturated rings. The number of hydrogen-bond acceptors (Lipinski definition) is 3. The molecule has 0 radical (unpaired) electrons. The molecule has 3 nitrogen and oxygen atoms in total. The second kappa shape index (κ2) is 12.0. The fourth-order valence-corrected chi connectivity index (χ4v) is 4.70. The van der Waals surface area contributed by atoms with Gasteiger partial charge in [-0.1, -0.05) is 24.6 Å². The first-order valence-corrected chi connectivity index (χ1v) is 12.2. The van der Waals surface area contributed by atoms with Crippen molar-refractivity contribution in [1.82, 2.24) is 0 Å². The van der Waals surface area contributed by atoms with Crippen molar-refractivity contribution in [3.05, 3.63) is 59.7 Å². The number of hydrogen-bond donors (Lipinski definition) is 1. The van der Waals surface area contributed by atoms with E-state index in [0.717, 1.165) is 17.0 Å². The number of anilines is 1.